The molecule has 4 nitrogen and oxygen atoms in total. The molecular formula is C11H11Cl2NO3. The molecule has 0 radical (unpaired) electrons. The van der Waals surface area contributed by atoms with E-state index < -0.39 is 5.97 Å². The summed E-state index contributed by atoms with van der Waals surface area (Å²) in [5.41, 5.74) is 0.255. The summed E-state index contributed by atoms with van der Waals surface area (Å²) < 4.78 is 4.47. The fourth-order valence-corrected chi connectivity index (χ4v) is 1.59. The molecule has 0 saturated heterocycles. The van der Waals surface area contributed by atoms with E-state index in [0.717, 1.165) is 0 Å². The van der Waals surface area contributed by atoms with Crippen LogP contribution < -0.4 is 0 Å². The van der Waals surface area contributed by atoms with Crippen molar-refractivity contribution in [2.24, 2.45) is 0 Å². The van der Waals surface area contributed by atoms with E-state index in [-0.39, 0.29) is 23.0 Å². The van der Waals surface area contributed by atoms with Gasteiger partial charge in [-0.1, -0.05) is 29.3 Å². The number of methoxy groups -OCH3 is 1. The molecule has 0 spiro atoms. The minimum atomic E-state index is -0.501. The molecule has 0 fully saturated rings. The third-order valence-corrected chi connectivity index (χ3v) is 2.94. The number of ether oxygens (including phenoxy) is 1. The van der Waals surface area contributed by atoms with E-state index in [4.69, 9.17) is 23.2 Å². The number of hydrogen-bond donors (Lipinski definition) is 0. The molecule has 92 valence electrons. The summed E-state index contributed by atoms with van der Waals surface area (Å²) in [4.78, 5) is 24.2. The molecule has 1 aromatic rings. The van der Waals surface area contributed by atoms with Gasteiger partial charge in [0, 0.05) is 7.05 Å². The Morgan fingerprint density at radius 1 is 1.35 bits per heavy atom. The van der Waals surface area contributed by atoms with Gasteiger partial charge in [-0.2, -0.15) is 0 Å². The molecular weight excluding hydrogens is 265 g/mol. The molecule has 0 atom stereocenters. The van der Waals surface area contributed by atoms with Crippen molar-refractivity contribution < 1.29 is 14.3 Å². The van der Waals surface area contributed by atoms with Gasteiger partial charge in [0.1, 0.15) is 6.54 Å². The monoisotopic (exact) mass is 275 g/mol. The van der Waals surface area contributed by atoms with Crippen molar-refractivity contribution in [2.45, 2.75) is 0 Å². The van der Waals surface area contributed by atoms with Gasteiger partial charge < -0.3 is 9.64 Å². The lowest BCUT2D eigenvalue weighted by Gasteiger charge is -2.16. The van der Waals surface area contributed by atoms with Gasteiger partial charge in [-0.05, 0) is 12.1 Å². The van der Waals surface area contributed by atoms with Crippen LogP contribution in [0.1, 0.15) is 10.4 Å². The van der Waals surface area contributed by atoms with Gasteiger partial charge in [-0.15, -0.1) is 0 Å². The van der Waals surface area contributed by atoms with Crippen LogP contribution in [0.2, 0.25) is 10.0 Å². The summed E-state index contributed by atoms with van der Waals surface area (Å²) in [7, 11) is 2.74. The number of carbonyl (C=O) groups excluding carboxylic acids is 2. The largest absolute Gasteiger partial charge is 0.468 e. The maximum absolute atomic E-state index is 11.9. The number of nitrogens with zero attached hydrogens (tertiary/aromatic N) is 1. The highest BCUT2D eigenvalue weighted by molar-refractivity contribution is 6.43. The molecule has 0 N–H and O–H groups in total. The number of rotatable bonds is 3. The van der Waals surface area contributed by atoms with Crippen molar-refractivity contribution in [1.29, 1.82) is 0 Å². The lowest BCUT2D eigenvalue weighted by Crippen LogP contribution is -2.32. The normalized spacial score (nSPS) is 9.88. The molecule has 1 amide bonds. The minimum Gasteiger partial charge on any atom is -0.468 e. The van der Waals surface area contributed by atoms with Crippen LogP contribution in [-0.4, -0.2) is 37.5 Å². The Balaban J connectivity index is 2.89. The number of benzene rings is 1. The van der Waals surface area contributed by atoms with E-state index in [1.807, 2.05) is 0 Å². The van der Waals surface area contributed by atoms with Crippen LogP contribution in [0.25, 0.3) is 0 Å². The van der Waals surface area contributed by atoms with Gasteiger partial charge in [0.2, 0.25) is 0 Å². The first-order chi connectivity index (χ1) is 7.97. The minimum absolute atomic E-state index is 0.141. The highest BCUT2D eigenvalue weighted by Gasteiger charge is 2.18. The van der Waals surface area contributed by atoms with Crippen molar-refractivity contribution in [3.8, 4) is 0 Å². The number of carbonyl (C=O) groups is 2. The summed E-state index contributed by atoms with van der Waals surface area (Å²) >= 11 is 11.7. The average molecular weight is 276 g/mol. The molecule has 1 rings (SSSR count). The lowest BCUT2D eigenvalue weighted by molar-refractivity contribution is -0.141. The van der Waals surface area contributed by atoms with E-state index >= 15 is 0 Å². The third-order valence-electron chi connectivity index (χ3n) is 2.12. The summed E-state index contributed by atoms with van der Waals surface area (Å²) in [6, 6.07) is 4.75. The summed E-state index contributed by atoms with van der Waals surface area (Å²) in [6.07, 6.45) is 0. The first-order valence-corrected chi connectivity index (χ1v) is 5.49. The predicted octanol–water partition coefficient (Wildman–Crippen LogP) is 2.24. The van der Waals surface area contributed by atoms with Crippen molar-refractivity contribution >= 4 is 35.1 Å². The molecule has 0 unspecified atom stereocenters. The first-order valence-electron chi connectivity index (χ1n) is 4.73. The standard InChI is InChI=1S/C11H11Cl2NO3/c1-14(6-9(15)17-2)11(16)7-4-3-5-8(12)10(7)13/h3-5H,6H2,1-2H3. The zero-order chi connectivity index (χ0) is 13.0. The number of amides is 1. The van der Waals surface area contributed by atoms with Crippen molar-refractivity contribution in [1.82, 2.24) is 4.90 Å². The van der Waals surface area contributed by atoms with Crippen LogP contribution in [0.3, 0.4) is 0 Å². The maximum Gasteiger partial charge on any atom is 0.325 e. The molecule has 0 bridgehead atoms. The van der Waals surface area contributed by atoms with Gasteiger partial charge in [0.05, 0.1) is 22.7 Å². The fraction of sp³-hybridized carbons (Fsp3) is 0.273. The fourth-order valence-electron chi connectivity index (χ4n) is 1.20. The highest BCUT2D eigenvalue weighted by Crippen LogP contribution is 2.26. The number of esters is 1. The second-order valence-electron chi connectivity index (χ2n) is 3.34. The molecule has 17 heavy (non-hydrogen) atoms. The highest BCUT2D eigenvalue weighted by atomic mass is 35.5. The van der Waals surface area contributed by atoms with Gasteiger partial charge in [0.15, 0.2) is 0 Å². The van der Waals surface area contributed by atoms with Crippen LogP contribution in [0.5, 0.6) is 0 Å². The molecule has 0 heterocycles. The Morgan fingerprint density at radius 3 is 2.59 bits per heavy atom. The zero-order valence-electron chi connectivity index (χ0n) is 9.37. The number of halogens is 2. The molecule has 0 aliphatic heterocycles. The van der Waals surface area contributed by atoms with Gasteiger partial charge in [0.25, 0.3) is 5.91 Å². The third kappa shape index (κ3) is 3.35. The molecule has 0 aliphatic rings. The molecule has 6 heteroatoms. The van der Waals surface area contributed by atoms with Crippen LogP contribution in [0.4, 0.5) is 0 Å². The van der Waals surface area contributed by atoms with E-state index in [0.29, 0.717) is 5.02 Å². The smallest absolute Gasteiger partial charge is 0.325 e. The molecule has 0 aromatic heterocycles. The van der Waals surface area contributed by atoms with E-state index in [1.54, 1.807) is 18.2 Å². The predicted molar refractivity (Wildman–Crippen MR) is 65.4 cm³/mol. The van der Waals surface area contributed by atoms with E-state index in [1.165, 1.54) is 19.1 Å². The van der Waals surface area contributed by atoms with Crippen molar-refractivity contribution in [3.05, 3.63) is 33.8 Å². The van der Waals surface area contributed by atoms with Crippen LogP contribution in [-0.2, 0) is 9.53 Å². The summed E-state index contributed by atoms with van der Waals surface area (Å²) in [5, 5.41) is 0.472. The Morgan fingerprint density at radius 2 is 2.00 bits per heavy atom. The Labute approximate surface area is 109 Å². The maximum atomic E-state index is 11.9. The average Bonchev–Trinajstić information content (AvgIpc) is 2.31. The number of likely N-dealkylation sites (N-methyl/N-ethyl adjacent to an activating group) is 1. The van der Waals surface area contributed by atoms with Gasteiger partial charge >= 0.3 is 5.97 Å². The van der Waals surface area contributed by atoms with Crippen molar-refractivity contribution in [3.63, 3.8) is 0 Å². The van der Waals surface area contributed by atoms with Crippen LogP contribution >= 0.6 is 23.2 Å². The Hall–Kier alpha value is -1.26. The Kier molecular flexibility index (Phi) is 4.78. The zero-order valence-corrected chi connectivity index (χ0v) is 10.9. The van der Waals surface area contributed by atoms with Gasteiger partial charge in [-0.3, -0.25) is 9.59 Å². The number of hydrogen-bond acceptors (Lipinski definition) is 3. The SMILES string of the molecule is COC(=O)CN(C)C(=O)c1cccc(Cl)c1Cl. The molecule has 0 saturated carbocycles. The van der Waals surface area contributed by atoms with E-state index in [9.17, 15) is 9.59 Å². The van der Waals surface area contributed by atoms with Crippen molar-refractivity contribution in [2.75, 3.05) is 20.7 Å². The second kappa shape index (κ2) is 5.89. The quantitative estimate of drug-likeness (QED) is 0.795. The second-order valence-corrected chi connectivity index (χ2v) is 4.12. The lowest BCUT2D eigenvalue weighted by atomic mass is 10.2. The first kappa shape index (κ1) is 13.8. The summed E-state index contributed by atoms with van der Waals surface area (Å²) in [6.45, 7) is -0.141. The molecule has 1 aromatic carbocycles. The van der Waals surface area contributed by atoms with Crippen LogP contribution in [0.15, 0.2) is 18.2 Å². The topological polar surface area (TPSA) is 46.6 Å². The summed E-state index contributed by atoms with van der Waals surface area (Å²) in [5.74, 6) is -0.887. The van der Waals surface area contributed by atoms with Crippen LogP contribution in [0, 0.1) is 0 Å². The van der Waals surface area contributed by atoms with E-state index in [2.05, 4.69) is 4.74 Å². The Bertz CT molecular complexity index is 448. The van der Waals surface area contributed by atoms with Gasteiger partial charge in [-0.25, -0.2) is 0 Å². The molecule has 0 aliphatic carbocycles.